The molecule has 0 aliphatic heterocycles. The molecule has 0 radical (unpaired) electrons. The molecule has 3 N–H and O–H groups in total. The van der Waals surface area contributed by atoms with Gasteiger partial charge in [0.05, 0.1) is 0 Å². The Bertz CT molecular complexity index is 811. The zero-order valence-electron chi connectivity index (χ0n) is 29.3. The van der Waals surface area contributed by atoms with E-state index in [2.05, 4.69) is 61.0 Å². The van der Waals surface area contributed by atoms with Crippen molar-refractivity contribution in [1.29, 1.82) is 0 Å². The Morgan fingerprint density at radius 3 is 1.23 bits per heavy atom. The molecule has 0 aromatic rings. The van der Waals surface area contributed by atoms with E-state index in [0.29, 0.717) is 18.9 Å². The molecule has 10 nitrogen and oxygen atoms in total. The van der Waals surface area contributed by atoms with E-state index in [4.69, 9.17) is 9.47 Å². The third-order valence-electron chi connectivity index (χ3n) is 8.25. The molecule has 0 heterocycles. The van der Waals surface area contributed by atoms with E-state index in [-0.39, 0.29) is 30.1 Å². The van der Waals surface area contributed by atoms with E-state index in [1.165, 1.54) is 25.7 Å². The van der Waals surface area contributed by atoms with Crippen molar-refractivity contribution in [2.45, 2.75) is 160 Å². The van der Waals surface area contributed by atoms with Gasteiger partial charge >= 0.3 is 12.2 Å². The number of hydrogen-bond acceptors (Lipinski definition) is 8. The predicted octanol–water partition coefficient (Wildman–Crippen LogP) is 5.49. The number of rotatable bonds is 5. The molecule has 0 aromatic carbocycles. The highest BCUT2D eigenvalue weighted by Crippen LogP contribution is 2.22. The maximum atomic E-state index is 11.6. The van der Waals surface area contributed by atoms with Crippen LogP contribution in [0, 0.1) is 0 Å². The Morgan fingerprint density at radius 1 is 0.605 bits per heavy atom. The molecule has 3 saturated carbocycles. The van der Waals surface area contributed by atoms with Gasteiger partial charge in [0, 0.05) is 43.1 Å². The average Bonchev–Trinajstić information content (AvgIpc) is 2.89. The summed E-state index contributed by atoms with van der Waals surface area (Å²) in [6.45, 7) is 11.1. The summed E-state index contributed by atoms with van der Waals surface area (Å²) in [7, 11) is 10.7. The second-order valence-corrected chi connectivity index (χ2v) is 14.8. The molecule has 0 saturated heterocycles. The summed E-state index contributed by atoms with van der Waals surface area (Å²) in [4.78, 5) is 38.6. The molecular formula is C33H65N5O5. The van der Waals surface area contributed by atoms with Gasteiger partial charge in [-0.15, -0.1) is 0 Å². The van der Waals surface area contributed by atoms with E-state index in [9.17, 15) is 14.4 Å². The number of hydrogen-bond donors (Lipinski definition) is 3. The summed E-state index contributed by atoms with van der Waals surface area (Å²) in [6.07, 6.45) is 11.7. The number of nitrogens with one attached hydrogen (secondary N) is 3. The van der Waals surface area contributed by atoms with Gasteiger partial charge < -0.3 is 35.2 Å². The van der Waals surface area contributed by atoms with E-state index < -0.39 is 11.2 Å². The minimum absolute atomic E-state index is 0.0950. The standard InChI is InChI=1S/C13H26N2O2.C11H19NO3.C9H20N2/c1-13(2,3)17-12(16)14-10-6-8-11(9-7-10)15(4)5;1-11(2,3)15-10(14)12-8-4-6-9(13)7-5-8;1-10-8-4-6-9(7-5-8)11(2)3/h10-11H,6-9H2,1-5H3,(H,14,16);8H,4-7H2,1-3H3,(H,12,14);8-10H,4-7H2,1-3H3. The third kappa shape index (κ3) is 18.5. The van der Waals surface area contributed by atoms with Crippen LogP contribution in [0.5, 0.6) is 0 Å². The second kappa shape index (κ2) is 18.8. The van der Waals surface area contributed by atoms with Crippen LogP contribution in [0.3, 0.4) is 0 Å². The minimum atomic E-state index is -0.464. The maximum Gasteiger partial charge on any atom is 0.407 e. The fourth-order valence-corrected chi connectivity index (χ4v) is 5.65. The fraction of sp³-hybridized carbons (Fsp3) is 0.909. The van der Waals surface area contributed by atoms with Gasteiger partial charge in [0.2, 0.25) is 0 Å². The van der Waals surface area contributed by atoms with Gasteiger partial charge in [-0.05, 0) is 141 Å². The lowest BCUT2D eigenvalue weighted by molar-refractivity contribution is -0.120. The Morgan fingerprint density at radius 2 is 0.930 bits per heavy atom. The highest BCUT2D eigenvalue weighted by atomic mass is 16.6. The van der Waals surface area contributed by atoms with Crippen molar-refractivity contribution < 1.29 is 23.9 Å². The Hall–Kier alpha value is -1.91. The number of amides is 2. The molecular weight excluding hydrogens is 546 g/mol. The summed E-state index contributed by atoms with van der Waals surface area (Å²) < 4.78 is 10.4. The van der Waals surface area contributed by atoms with Crippen LogP contribution in [-0.4, -0.2) is 104 Å². The van der Waals surface area contributed by atoms with Crippen molar-refractivity contribution in [2.75, 3.05) is 35.2 Å². The largest absolute Gasteiger partial charge is 0.444 e. The SMILES string of the molecule is CC(C)(C)OC(=O)NC1CCC(=O)CC1.CN(C)C1CCC(NC(=O)OC(C)(C)C)CC1.CNC1CCC(N(C)C)CC1. The molecule has 3 rings (SSSR count). The zero-order valence-corrected chi connectivity index (χ0v) is 29.3. The van der Waals surface area contributed by atoms with Gasteiger partial charge in [0.25, 0.3) is 0 Å². The summed E-state index contributed by atoms with van der Waals surface area (Å²) in [6, 6.07) is 2.65. The van der Waals surface area contributed by atoms with Crippen LogP contribution >= 0.6 is 0 Å². The van der Waals surface area contributed by atoms with Gasteiger partial charge in [-0.1, -0.05) is 0 Å². The number of alkyl carbamates (subject to hydrolysis) is 2. The van der Waals surface area contributed by atoms with Crippen LogP contribution < -0.4 is 16.0 Å². The first kappa shape index (κ1) is 39.1. The molecule has 0 unspecified atom stereocenters. The highest BCUT2D eigenvalue weighted by Gasteiger charge is 2.26. The van der Waals surface area contributed by atoms with Crippen LogP contribution in [-0.2, 0) is 14.3 Å². The molecule has 43 heavy (non-hydrogen) atoms. The molecule has 0 spiro atoms. The molecule has 2 amide bonds. The first-order chi connectivity index (χ1) is 19.9. The van der Waals surface area contributed by atoms with Crippen LogP contribution in [0.15, 0.2) is 0 Å². The van der Waals surface area contributed by atoms with Crippen LogP contribution in [0.25, 0.3) is 0 Å². The molecule has 0 aromatic heterocycles. The molecule has 0 atom stereocenters. The van der Waals surface area contributed by atoms with E-state index in [1.54, 1.807) is 0 Å². The van der Waals surface area contributed by atoms with Crippen LogP contribution in [0.1, 0.15) is 119 Å². The first-order valence-electron chi connectivity index (χ1n) is 16.4. The molecule has 3 fully saturated rings. The maximum absolute atomic E-state index is 11.6. The lowest BCUT2D eigenvalue weighted by Crippen LogP contribution is -2.43. The van der Waals surface area contributed by atoms with Gasteiger partial charge in [-0.2, -0.15) is 0 Å². The number of Topliss-reactive ketones (excluding diaryl/α,β-unsaturated/α-hetero) is 1. The lowest BCUT2D eigenvalue weighted by atomic mass is 9.91. The van der Waals surface area contributed by atoms with Crippen molar-refractivity contribution >= 4 is 18.0 Å². The quantitative estimate of drug-likeness (QED) is 0.375. The lowest BCUT2D eigenvalue weighted by Gasteiger charge is -2.33. The summed E-state index contributed by atoms with van der Waals surface area (Å²) in [5.41, 5.74) is -0.876. The molecule has 10 heteroatoms. The van der Waals surface area contributed by atoms with E-state index in [0.717, 1.165) is 50.6 Å². The van der Waals surface area contributed by atoms with Gasteiger partial charge in [-0.3, -0.25) is 4.79 Å². The zero-order chi connectivity index (χ0) is 32.8. The molecule has 3 aliphatic carbocycles. The summed E-state index contributed by atoms with van der Waals surface area (Å²) >= 11 is 0. The van der Waals surface area contributed by atoms with Crippen molar-refractivity contribution in [3.63, 3.8) is 0 Å². The Kier molecular flexibility index (Phi) is 17.1. The van der Waals surface area contributed by atoms with E-state index >= 15 is 0 Å². The number of carbonyl (C=O) groups is 3. The summed E-state index contributed by atoms with van der Waals surface area (Å²) in [5.74, 6) is 0.289. The summed E-state index contributed by atoms with van der Waals surface area (Å²) in [5, 5.41) is 9.08. The fourth-order valence-electron chi connectivity index (χ4n) is 5.65. The predicted molar refractivity (Wildman–Crippen MR) is 175 cm³/mol. The topological polar surface area (TPSA) is 112 Å². The molecule has 252 valence electrons. The smallest absolute Gasteiger partial charge is 0.407 e. The van der Waals surface area contributed by atoms with Crippen molar-refractivity contribution in [3.8, 4) is 0 Å². The van der Waals surface area contributed by atoms with Crippen molar-refractivity contribution in [2.24, 2.45) is 0 Å². The average molecular weight is 612 g/mol. The molecule has 3 aliphatic rings. The normalized spacial score (nSPS) is 25.1. The van der Waals surface area contributed by atoms with Gasteiger partial charge in [-0.25, -0.2) is 9.59 Å². The van der Waals surface area contributed by atoms with Crippen LogP contribution in [0.2, 0.25) is 0 Å². The van der Waals surface area contributed by atoms with Crippen molar-refractivity contribution in [1.82, 2.24) is 25.8 Å². The van der Waals surface area contributed by atoms with Crippen LogP contribution in [0.4, 0.5) is 9.59 Å². The van der Waals surface area contributed by atoms with Gasteiger partial charge in [0.1, 0.15) is 17.0 Å². The van der Waals surface area contributed by atoms with Gasteiger partial charge in [0.15, 0.2) is 0 Å². The number of ether oxygens (including phenoxy) is 2. The first-order valence-corrected chi connectivity index (χ1v) is 16.4. The number of nitrogens with zero attached hydrogens (tertiary/aromatic N) is 2. The third-order valence-corrected chi connectivity index (χ3v) is 8.25. The van der Waals surface area contributed by atoms with Crippen molar-refractivity contribution in [3.05, 3.63) is 0 Å². The molecule has 0 bridgehead atoms. The number of ketones is 1. The minimum Gasteiger partial charge on any atom is -0.444 e. The van der Waals surface area contributed by atoms with E-state index in [1.807, 2.05) is 41.5 Å². The second-order valence-electron chi connectivity index (χ2n) is 14.8. The Labute approximate surface area is 262 Å². The Balaban J connectivity index is 0.000000330. The highest BCUT2D eigenvalue weighted by molar-refractivity contribution is 5.79. The number of carbonyl (C=O) groups excluding carboxylic acids is 3. The monoisotopic (exact) mass is 611 g/mol.